The summed E-state index contributed by atoms with van der Waals surface area (Å²) in [5, 5.41) is 1.83. The third kappa shape index (κ3) is 5.18. The Morgan fingerprint density at radius 2 is 1.89 bits per heavy atom. The molecule has 7 rings (SSSR count). The molecular formula is C36H27ClFN3O5. The van der Waals surface area contributed by atoms with Gasteiger partial charge in [-0.15, -0.1) is 0 Å². The summed E-state index contributed by atoms with van der Waals surface area (Å²) in [6.45, 7) is 2.34. The predicted molar refractivity (Wildman–Crippen MR) is 174 cm³/mol. The highest BCUT2D eigenvalue weighted by Gasteiger charge is 2.30. The number of aromatic nitrogens is 3. The molecule has 0 saturated heterocycles. The molecule has 4 heterocycles. The molecule has 10 heteroatoms. The lowest BCUT2D eigenvalue weighted by atomic mass is 10.0. The zero-order valence-corrected chi connectivity index (χ0v) is 25.7. The van der Waals surface area contributed by atoms with Gasteiger partial charge >= 0.3 is 5.97 Å². The fourth-order valence-electron chi connectivity index (χ4n) is 5.77. The molecule has 4 aromatic heterocycles. The van der Waals surface area contributed by atoms with Gasteiger partial charge in [-0.2, -0.15) is 0 Å². The molecule has 0 aliphatic heterocycles. The van der Waals surface area contributed by atoms with Crippen molar-refractivity contribution >= 4 is 50.3 Å². The Hall–Kier alpha value is -5.41. The van der Waals surface area contributed by atoms with E-state index in [2.05, 4.69) is 9.97 Å². The highest BCUT2D eigenvalue weighted by atomic mass is 35.5. The lowest BCUT2D eigenvalue weighted by Gasteiger charge is -2.14. The number of carbonyl (C=O) groups excluding carboxylic acids is 1. The van der Waals surface area contributed by atoms with Crippen LogP contribution in [0.1, 0.15) is 28.5 Å². The van der Waals surface area contributed by atoms with Crippen molar-refractivity contribution in [1.82, 2.24) is 14.5 Å². The molecule has 0 spiro atoms. The summed E-state index contributed by atoms with van der Waals surface area (Å²) >= 11 is 6.80. The van der Waals surface area contributed by atoms with Gasteiger partial charge in [0.1, 0.15) is 34.6 Å². The molecule has 0 atom stereocenters. The van der Waals surface area contributed by atoms with Crippen LogP contribution < -0.4 is 9.47 Å². The minimum Gasteiger partial charge on any atom is -0.489 e. The summed E-state index contributed by atoms with van der Waals surface area (Å²) in [6, 6.07) is 23.9. The van der Waals surface area contributed by atoms with Gasteiger partial charge in [0, 0.05) is 34.3 Å². The van der Waals surface area contributed by atoms with Crippen LogP contribution in [-0.2, 0) is 17.9 Å². The number of benzene rings is 3. The maximum absolute atomic E-state index is 15.5. The molecule has 0 N–H and O–H groups in total. The first-order valence-corrected chi connectivity index (χ1v) is 15.0. The number of hydrogen-bond donors (Lipinski definition) is 0. The third-order valence-corrected chi connectivity index (χ3v) is 8.14. The van der Waals surface area contributed by atoms with E-state index in [0.717, 1.165) is 10.9 Å². The molecule has 0 unspecified atom stereocenters. The minimum atomic E-state index is -0.607. The molecule has 0 radical (unpaired) electrons. The number of fused-ring (bicyclic) bond motifs is 4. The highest BCUT2D eigenvalue weighted by Crippen LogP contribution is 2.44. The van der Waals surface area contributed by atoms with Crippen molar-refractivity contribution in [2.75, 3.05) is 13.7 Å². The van der Waals surface area contributed by atoms with Crippen LogP contribution in [0.3, 0.4) is 0 Å². The summed E-state index contributed by atoms with van der Waals surface area (Å²) in [7, 11) is 1.50. The van der Waals surface area contributed by atoms with Crippen LogP contribution in [0.25, 0.3) is 43.9 Å². The van der Waals surface area contributed by atoms with Gasteiger partial charge in [0.2, 0.25) is 5.88 Å². The average molecular weight is 636 g/mol. The minimum absolute atomic E-state index is 0.0763. The first-order valence-electron chi connectivity index (χ1n) is 14.6. The Morgan fingerprint density at radius 3 is 2.70 bits per heavy atom. The van der Waals surface area contributed by atoms with E-state index in [0.29, 0.717) is 45.5 Å². The van der Waals surface area contributed by atoms with Gasteiger partial charge in [-0.1, -0.05) is 41.9 Å². The van der Waals surface area contributed by atoms with E-state index in [1.54, 1.807) is 35.9 Å². The largest absolute Gasteiger partial charge is 0.489 e. The van der Waals surface area contributed by atoms with E-state index < -0.39 is 11.8 Å². The quantitative estimate of drug-likeness (QED) is 0.116. The second kappa shape index (κ2) is 12.2. The van der Waals surface area contributed by atoms with E-state index in [9.17, 15) is 4.79 Å². The summed E-state index contributed by atoms with van der Waals surface area (Å²) in [5.74, 6) is -0.167. The molecule has 3 aromatic carbocycles. The number of rotatable bonds is 9. The zero-order chi connectivity index (χ0) is 31.8. The molecular weight excluding hydrogens is 609 g/mol. The van der Waals surface area contributed by atoms with Gasteiger partial charge in [-0.05, 0) is 55.0 Å². The molecule has 230 valence electrons. The molecule has 0 aliphatic rings. The van der Waals surface area contributed by atoms with Crippen LogP contribution in [-0.4, -0.2) is 34.2 Å². The maximum Gasteiger partial charge on any atom is 0.355 e. The zero-order valence-electron chi connectivity index (χ0n) is 24.9. The maximum atomic E-state index is 15.5. The number of hydrogen-bond acceptors (Lipinski definition) is 7. The summed E-state index contributed by atoms with van der Waals surface area (Å²) in [6.07, 6.45) is 3.01. The second-order valence-corrected chi connectivity index (χ2v) is 10.9. The fourth-order valence-corrected chi connectivity index (χ4v) is 5.97. The molecule has 0 aliphatic carbocycles. The fraction of sp³-hybridized carbons (Fsp3) is 0.139. The van der Waals surface area contributed by atoms with Crippen molar-refractivity contribution in [3.63, 3.8) is 0 Å². The van der Waals surface area contributed by atoms with Crippen LogP contribution in [0.15, 0.2) is 95.7 Å². The van der Waals surface area contributed by atoms with Crippen molar-refractivity contribution in [2.24, 2.45) is 0 Å². The number of furan rings is 1. The van der Waals surface area contributed by atoms with Crippen molar-refractivity contribution in [3.8, 4) is 22.8 Å². The lowest BCUT2D eigenvalue weighted by Crippen LogP contribution is -2.14. The SMILES string of the molecule is CCOC(=O)c1c(-c2cccnc2OC)c2c3occc3c(F)cc2n1Cc1cc2ccc(OCc3ccccc3)cc2nc1Cl. The van der Waals surface area contributed by atoms with Gasteiger partial charge in [0.15, 0.2) is 0 Å². The van der Waals surface area contributed by atoms with Crippen LogP contribution in [0.5, 0.6) is 11.6 Å². The topological polar surface area (TPSA) is 88.6 Å². The van der Waals surface area contributed by atoms with Gasteiger partial charge in [0.25, 0.3) is 0 Å². The average Bonchev–Trinajstić information content (AvgIpc) is 3.68. The molecule has 0 fully saturated rings. The van der Waals surface area contributed by atoms with Gasteiger partial charge in [0.05, 0.1) is 48.3 Å². The molecule has 7 aromatic rings. The van der Waals surface area contributed by atoms with E-state index in [-0.39, 0.29) is 40.8 Å². The smallest absolute Gasteiger partial charge is 0.355 e. The number of halogens is 2. The van der Waals surface area contributed by atoms with Gasteiger partial charge < -0.3 is 23.2 Å². The Morgan fingerprint density at radius 1 is 1.04 bits per heavy atom. The van der Waals surface area contributed by atoms with Gasteiger partial charge in [-0.25, -0.2) is 19.2 Å². The normalized spacial score (nSPS) is 11.4. The lowest BCUT2D eigenvalue weighted by molar-refractivity contribution is 0.0516. The molecule has 46 heavy (non-hydrogen) atoms. The van der Waals surface area contributed by atoms with Crippen LogP contribution in [0, 0.1) is 5.82 Å². The van der Waals surface area contributed by atoms with E-state index in [1.165, 1.54) is 19.4 Å². The predicted octanol–water partition coefficient (Wildman–Crippen LogP) is 8.60. The van der Waals surface area contributed by atoms with E-state index in [1.807, 2.05) is 54.6 Å². The number of ether oxygens (including phenoxy) is 3. The first-order chi connectivity index (χ1) is 22.5. The summed E-state index contributed by atoms with van der Waals surface area (Å²) < 4.78 is 40.2. The Bertz CT molecular complexity index is 2250. The van der Waals surface area contributed by atoms with Crippen molar-refractivity contribution < 1.29 is 27.8 Å². The Balaban J connectivity index is 1.39. The summed E-state index contributed by atoms with van der Waals surface area (Å²) in [4.78, 5) is 22.8. The standard InChI is InChI=1S/C36H27ClFN3O5/c1-3-44-36(42)32-30(26-10-7-14-39-35(26)43-2)31-29(18-27(38)25-13-15-45-33(25)31)41(32)19-23-16-22-11-12-24(17-28(22)40-34(23)37)46-20-21-8-5-4-6-9-21/h4-18H,3,19-20H2,1-2H3. The van der Waals surface area contributed by atoms with Crippen LogP contribution >= 0.6 is 11.6 Å². The molecule has 0 saturated carbocycles. The summed E-state index contributed by atoms with van der Waals surface area (Å²) in [5.41, 5.74) is 4.13. The second-order valence-electron chi connectivity index (χ2n) is 10.6. The number of carbonyl (C=O) groups is 1. The molecule has 0 bridgehead atoms. The monoisotopic (exact) mass is 635 g/mol. The Kier molecular flexibility index (Phi) is 7.76. The number of esters is 1. The van der Waals surface area contributed by atoms with E-state index >= 15 is 4.39 Å². The van der Waals surface area contributed by atoms with Crippen LogP contribution in [0.2, 0.25) is 5.15 Å². The molecule has 0 amide bonds. The number of pyridine rings is 2. The Labute approximate surface area is 267 Å². The third-order valence-electron chi connectivity index (χ3n) is 7.81. The van der Waals surface area contributed by atoms with Gasteiger partial charge in [-0.3, -0.25) is 0 Å². The number of methoxy groups -OCH3 is 1. The van der Waals surface area contributed by atoms with Crippen LogP contribution in [0.4, 0.5) is 4.39 Å². The van der Waals surface area contributed by atoms with Crippen molar-refractivity contribution in [2.45, 2.75) is 20.1 Å². The van der Waals surface area contributed by atoms with Crippen molar-refractivity contribution in [3.05, 3.63) is 119 Å². The molecule has 8 nitrogen and oxygen atoms in total. The first kappa shape index (κ1) is 29.3. The highest BCUT2D eigenvalue weighted by molar-refractivity contribution is 6.30. The van der Waals surface area contributed by atoms with E-state index in [4.69, 9.17) is 30.2 Å². The van der Waals surface area contributed by atoms with Crippen molar-refractivity contribution in [1.29, 1.82) is 0 Å². The number of nitrogens with zero attached hydrogens (tertiary/aromatic N) is 3.